The Bertz CT molecular complexity index is 1290. The van der Waals surface area contributed by atoms with Crippen LogP contribution in [-0.4, -0.2) is 22.0 Å². The summed E-state index contributed by atoms with van der Waals surface area (Å²) in [7, 11) is 0. The molecule has 0 saturated carbocycles. The Morgan fingerprint density at radius 1 is 1.07 bits per heavy atom. The number of H-pyrrole nitrogens is 1. The molecule has 2 aromatic heterocycles. The molecule has 142 valence electrons. The lowest BCUT2D eigenvalue weighted by Gasteiger charge is -2.05. The number of carbonyl (C=O) groups is 2. The average Bonchev–Trinajstić information content (AvgIpc) is 3.30. The van der Waals surface area contributed by atoms with E-state index in [-0.39, 0.29) is 17.3 Å². The Hall–Kier alpha value is -4.03. The summed E-state index contributed by atoms with van der Waals surface area (Å²) in [5, 5.41) is 21.8. The average molecular weight is 405 g/mol. The van der Waals surface area contributed by atoms with Crippen LogP contribution in [0.5, 0.6) is 0 Å². The third kappa shape index (κ3) is 3.69. The molecule has 3 N–H and O–H groups in total. The van der Waals surface area contributed by atoms with Gasteiger partial charge in [0.2, 0.25) is 0 Å². The minimum absolute atomic E-state index is 0.155. The first kappa shape index (κ1) is 18.3. The lowest BCUT2D eigenvalue weighted by Crippen LogP contribution is -2.13. The van der Waals surface area contributed by atoms with Gasteiger partial charge in [0.25, 0.3) is 11.8 Å². The topological polar surface area (TPSA) is 111 Å². The number of carbonyl (C=O) groups excluding carboxylic acids is 2. The molecule has 0 saturated heterocycles. The van der Waals surface area contributed by atoms with Crippen LogP contribution < -0.4 is 10.6 Å². The molecule has 0 aliphatic rings. The maximum absolute atomic E-state index is 13.3. The predicted octanol–water partition coefficient (Wildman–Crippen LogP) is 4.14. The number of thiophene rings is 1. The molecule has 0 aliphatic heterocycles. The van der Waals surface area contributed by atoms with Crippen molar-refractivity contribution in [1.29, 1.82) is 5.26 Å². The van der Waals surface area contributed by atoms with Crippen LogP contribution >= 0.6 is 11.3 Å². The molecule has 0 spiro atoms. The molecule has 4 rings (SSSR count). The maximum atomic E-state index is 13.3. The molecule has 29 heavy (non-hydrogen) atoms. The summed E-state index contributed by atoms with van der Waals surface area (Å²) in [6.07, 6.45) is 0. The summed E-state index contributed by atoms with van der Waals surface area (Å²) in [6, 6.07) is 15.6. The van der Waals surface area contributed by atoms with E-state index in [1.807, 2.05) is 6.07 Å². The molecular formula is C20H12FN5O2S. The zero-order valence-corrected chi connectivity index (χ0v) is 15.5. The zero-order chi connectivity index (χ0) is 20.4. The summed E-state index contributed by atoms with van der Waals surface area (Å²) >= 11 is 1.16. The van der Waals surface area contributed by atoms with Gasteiger partial charge in [-0.05, 0) is 36.4 Å². The maximum Gasteiger partial charge on any atom is 0.265 e. The summed E-state index contributed by atoms with van der Waals surface area (Å²) in [4.78, 5) is 25.9. The number of nitrogens with zero attached hydrogens (tertiary/aromatic N) is 2. The number of nitrogens with one attached hydrogen (secondary N) is 3. The molecule has 2 amide bonds. The lowest BCUT2D eigenvalue weighted by molar-refractivity contribution is 0.102. The van der Waals surface area contributed by atoms with Gasteiger partial charge in [0.05, 0.1) is 21.5 Å². The summed E-state index contributed by atoms with van der Waals surface area (Å²) in [5.41, 5.74) is 0.921. The fourth-order valence-electron chi connectivity index (χ4n) is 2.71. The highest BCUT2D eigenvalue weighted by molar-refractivity contribution is 7.20. The van der Waals surface area contributed by atoms with E-state index in [4.69, 9.17) is 5.26 Å². The van der Waals surface area contributed by atoms with Crippen LogP contribution in [0.1, 0.15) is 25.6 Å². The van der Waals surface area contributed by atoms with Crippen molar-refractivity contribution in [2.45, 2.75) is 0 Å². The van der Waals surface area contributed by atoms with E-state index in [1.165, 1.54) is 18.2 Å². The number of aromatic amines is 1. The first-order chi connectivity index (χ1) is 14.0. The number of hydrogen-bond acceptors (Lipinski definition) is 5. The van der Waals surface area contributed by atoms with Gasteiger partial charge in [0.1, 0.15) is 16.7 Å². The molecular weight excluding hydrogens is 393 g/mol. The molecule has 0 aliphatic carbocycles. The molecule has 2 aromatic carbocycles. The number of nitriles is 1. The Morgan fingerprint density at radius 2 is 1.90 bits per heavy atom. The Balaban J connectivity index is 1.56. The number of halogens is 1. The van der Waals surface area contributed by atoms with Crippen LogP contribution in [0, 0.1) is 17.1 Å². The monoisotopic (exact) mass is 405 g/mol. The zero-order valence-electron chi connectivity index (χ0n) is 14.7. The van der Waals surface area contributed by atoms with Gasteiger partial charge in [-0.3, -0.25) is 14.7 Å². The lowest BCUT2D eigenvalue weighted by atomic mass is 10.2. The molecule has 0 atom stereocenters. The Kier molecular flexibility index (Phi) is 4.76. The number of amides is 2. The van der Waals surface area contributed by atoms with Crippen LogP contribution in [0.15, 0.2) is 54.6 Å². The second-order valence-corrected chi connectivity index (χ2v) is 7.05. The molecule has 2 heterocycles. The van der Waals surface area contributed by atoms with Crippen molar-refractivity contribution < 1.29 is 14.0 Å². The number of para-hydroxylation sites is 1. The third-order valence-corrected chi connectivity index (χ3v) is 5.13. The van der Waals surface area contributed by atoms with Crippen molar-refractivity contribution in [3.8, 4) is 6.07 Å². The van der Waals surface area contributed by atoms with E-state index in [0.29, 0.717) is 26.3 Å². The van der Waals surface area contributed by atoms with Crippen molar-refractivity contribution in [2.75, 3.05) is 10.6 Å². The minimum atomic E-state index is -0.517. The van der Waals surface area contributed by atoms with Gasteiger partial charge in [-0.25, -0.2) is 4.39 Å². The van der Waals surface area contributed by atoms with Crippen LogP contribution in [0.4, 0.5) is 15.9 Å². The van der Waals surface area contributed by atoms with Crippen molar-refractivity contribution >= 4 is 44.9 Å². The molecule has 9 heteroatoms. The van der Waals surface area contributed by atoms with E-state index >= 15 is 0 Å². The van der Waals surface area contributed by atoms with Crippen molar-refractivity contribution in [3.63, 3.8) is 0 Å². The first-order valence-corrected chi connectivity index (χ1v) is 9.22. The van der Waals surface area contributed by atoms with E-state index in [9.17, 15) is 14.0 Å². The Morgan fingerprint density at radius 3 is 2.69 bits per heavy atom. The van der Waals surface area contributed by atoms with Gasteiger partial charge in [-0.15, -0.1) is 11.3 Å². The van der Waals surface area contributed by atoms with Gasteiger partial charge in [0, 0.05) is 5.56 Å². The van der Waals surface area contributed by atoms with E-state index in [2.05, 4.69) is 20.8 Å². The Labute approximate surface area is 167 Å². The number of rotatable bonds is 4. The number of hydrogen-bond donors (Lipinski definition) is 3. The van der Waals surface area contributed by atoms with Gasteiger partial charge in [-0.1, -0.05) is 18.2 Å². The fourth-order valence-corrected chi connectivity index (χ4v) is 3.60. The molecule has 0 unspecified atom stereocenters. The summed E-state index contributed by atoms with van der Waals surface area (Å²) < 4.78 is 13.3. The number of benzene rings is 2. The highest BCUT2D eigenvalue weighted by atomic mass is 32.1. The van der Waals surface area contributed by atoms with Gasteiger partial charge < -0.3 is 10.6 Å². The summed E-state index contributed by atoms with van der Waals surface area (Å²) in [6.45, 7) is 0. The number of anilines is 2. The standard InChI is InChI=1S/C20H12FN5O2S/c21-13-6-3-5-11(8-13)18(27)24-17-14-9-16(29-20(14)26-25-17)19(28)23-15-7-2-1-4-12(15)10-22/h1-9H,(H,23,28)(H2,24,25,26,27). The second-order valence-electron chi connectivity index (χ2n) is 6.00. The van der Waals surface area contributed by atoms with Crippen molar-refractivity contribution in [2.24, 2.45) is 0 Å². The molecule has 0 fully saturated rings. The van der Waals surface area contributed by atoms with Crippen LogP contribution in [-0.2, 0) is 0 Å². The van der Waals surface area contributed by atoms with Crippen LogP contribution in [0.25, 0.3) is 10.2 Å². The minimum Gasteiger partial charge on any atom is -0.320 e. The largest absolute Gasteiger partial charge is 0.320 e. The second kappa shape index (κ2) is 7.53. The normalized spacial score (nSPS) is 10.5. The van der Waals surface area contributed by atoms with E-state index in [0.717, 1.165) is 17.4 Å². The van der Waals surface area contributed by atoms with Crippen LogP contribution in [0.2, 0.25) is 0 Å². The van der Waals surface area contributed by atoms with Crippen LogP contribution in [0.3, 0.4) is 0 Å². The van der Waals surface area contributed by atoms with Gasteiger partial charge in [0.15, 0.2) is 5.82 Å². The van der Waals surface area contributed by atoms with Gasteiger partial charge >= 0.3 is 0 Å². The molecule has 4 aromatic rings. The van der Waals surface area contributed by atoms with E-state index < -0.39 is 11.7 Å². The number of aromatic nitrogens is 2. The van der Waals surface area contributed by atoms with Crippen molar-refractivity contribution in [1.82, 2.24) is 10.2 Å². The summed E-state index contributed by atoms with van der Waals surface area (Å²) in [5.74, 6) is -1.18. The predicted molar refractivity (Wildman–Crippen MR) is 107 cm³/mol. The molecule has 0 bridgehead atoms. The third-order valence-electron chi connectivity index (χ3n) is 4.09. The fraction of sp³-hybridized carbons (Fsp3) is 0. The van der Waals surface area contributed by atoms with Gasteiger partial charge in [-0.2, -0.15) is 10.4 Å². The smallest absolute Gasteiger partial charge is 0.265 e. The van der Waals surface area contributed by atoms with E-state index in [1.54, 1.807) is 30.3 Å². The first-order valence-electron chi connectivity index (χ1n) is 8.40. The molecule has 7 nitrogen and oxygen atoms in total. The SMILES string of the molecule is N#Cc1ccccc1NC(=O)c1cc2c(NC(=O)c3cccc(F)c3)n[nH]c2s1. The molecule has 0 radical (unpaired) electrons. The van der Waals surface area contributed by atoms with Crippen molar-refractivity contribution in [3.05, 3.63) is 76.4 Å². The highest BCUT2D eigenvalue weighted by Gasteiger charge is 2.18. The quantitative estimate of drug-likeness (QED) is 0.474. The number of fused-ring (bicyclic) bond motifs is 1. The highest BCUT2D eigenvalue weighted by Crippen LogP contribution is 2.30.